The van der Waals surface area contributed by atoms with E-state index in [4.69, 9.17) is 4.42 Å². The van der Waals surface area contributed by atoms with E-state index >= 15 is 0 Å². The van der Waals surface area contributed by atoms with Crippen LogP contribution >= 0.6 is 0 Å². The van der Waals surface area contributed by atoms with Crippen molar-refractivity contribution in [2.45, 2.75) is 40.0 Å². The summed E-state index contributed by atoms with van der Waals surface area (Å²) in [4.78, 5) is 16.2. The van der Waals surface area contributed by atoms with Crippen LogP contribution in [0.15, 0.2) is 57.7 Å². The maximum atomic E-state index is 12.7. The monoisotopic (exact) mass is 387 g/mol. The predicted octanol–water partition coefficient (Wildman–Crippen LogP) is 6.08. The molecule has 0 spiro atoms. The van der Waals surface area contributed by atoms with Crippen LogP contribution in [-0.2, 0) is 5.41 Å². The van der Waals surface area contributed by atoms with Gasteiger partial charge in [-0.3, -0.25) is 0 Å². The lowest BCUT2D eigenvalue weighted by Gasteiger charge is -2.18. The van der Waals surface area contributed by atoms with Gasteiger partial charge in [0.1, 0.15) is 17.1 Å². The Bertz CT molecular complexity index is 1270. The summed E-state index contributed by atoms with van der Waals surface area (Å²) in [5.74, 6) is 0.302. The van der Waals surface area contributed by atoms with Crippen molar-refractivity contribution in [3.05, 3.63) is 75.8 Å². The second-order valence-corrected chi connectivity index (χ2v) is 8.66. The zero-order valence-electron chi connectivity index (χ0n) is 17.4. The van der Waals surface area contributed by atoms with E-state index in [0.29, 0.717) is 11.3 Å². The topological polar surface area (TPSA) is 66.2 Å². The number of H-pyrrole nitrogens is 1. The third kappa shape index (κ3) is 3.35. The molecular weight excluding hydrogens is 362 g/mol. The number of aromatic nitrogens is 1. The highest BCUT2D eigenvalue weighted by atomic mass is 16.4. The zero-order valence-corrected chi connectivity index (χ0v) is 17.4. The first-order valence-corrected chi connectivity index (χ1v) is 9.72. The third-order valence-corrected chi connectivity index (χ3v) is 5.31. The molecule has 4 rings (SSSR count). The summed E-state index contributed by atoms with van der Waals surface area (Å²) < 4.78 is 5.32. The number of nitrogens with one attached hydrogen (secondary N) is 1. The Morgan fingerprint density at radius 3 is 2.24 bits per heavy atom. The number of aryl methyl sites for hydroxylation is 2. The van der Waals surface area contributed by atoms with Gasteiger partial charge >= 0.3 is 5.63 Å². The lowest BCUT2D eigenvalue weighted by atomic mass is 9.86. The maximum absolute atomic E-state index is 12.7. The molecule has 0 saturated heterocycles. The molecule has 148 valence electrons. The average molecular weight is 387 g/mol. The van der Waals surface area contributed by atoms with Crippen LogP contribution in [0.4, 0.5) is 0 Å². The fourth-order valence-electron chi connectivity index (χ4n) is 3.69. The smallest absolute Gasteiger partial charge is 0.347 e. The third-order valence-electron chi connectivity index (χ3n) is 5.31. The van der Waals surface area contributed by atoms with Gasteiger partial charge < -0.3 is 14.5 Å². The van der Waals surface area contributed by atoms with Crippen LogP contribution in [0.25, 0.3) is 33.3 Å². The summed E-state index contributed by atoms with van der Waals surface area (Å²) in [6.45, 7) is 10.2. The molecule has 0 unspecified atom stereocenters. The summed E-state index contributed by atoms with van der Waals surface area (Å²) in [5.41, 5.74) is 5.29. The van der Waals surface area contributed by atoms with Gasteiger partial charge in [0.15, 0.2) is 0 Å². The van der Waals surface area contributed by atoms with Crippen LogP contribution in [0.1, 0.15) is 37.7 Å². The van der Waals surface area contributed by atoms with E-state index in [0.717, 1.165) is 27.7 Å². The molecule has 4 nitrogen and oxygen atoms in total. The quantitative estimate of drug-likeness (QED) is 0.438. The lowest BCUT2D eigenvalue weighted by Crippen LogP contribution is -2.10. The van der Waals surface area contributed by atoms with Gasteiger partial charge in [-0.25, -0.2) is 4.79 Å². The maximum Gasteiger partial charge on any atom is 0.347 e. The van der Waals surface area contributed by atoms with Crippen molar-refractivity contribution in [1.82, 2.24) is 4.98 Å². The van der Waals surface area contributed by atoms with E-state index in [1.807, 2.05) is 37.3 Å². The minimum atomic E-state index is -0.545. The fraction of sp³-hybridized carbons (Fsp3) is 0.240. The van der Waals surface area contributed by atoms with Gasteiger partial charge in [-0.05, 0) is 36.5 Å². The largest absolute Gasteiger partial charge is 0.507 e. The van der Waals surface area contributed by atoms with Crippen molar-refractivity contribution >= 4 is 10.9 Å². The SMILES string of the molecule is Cc1ccc(-c2[nH]c3cc(C(C)(C)C)ccc3c2-c2c(O)cc(C)oc2=O)cc1. The molecule has 2 heterocycles. The molecular formula is C25H25NO3. The molecule has 0 bridgehead atoms. The van der Waals surface area contributed by atoms with Gasteiger partial charge in [0.2, 0.25) is 0 Å². The van der Waals surface area contributed by atoms with Crippen molar-refractivity contribution in [3.8, 4) is 28.1 Å². The fourth-order valence-corrected chi connectivity index (χ4v) is 3.69. The van der Waals surface area contributed by atoms with Crippen LogP contribution in [-0.4, -0.2) is 10.1 Å². The Labute approximate surface area is 169 Å². The first kappa shape index (κ1) is 19.1. The highest BCUT2D eigenvalue weighted by Gasteiger charge is 2.23. The molecule has 0 fully saturated rings. The molecule has 29 heavy (non-hydrogen) atoms. The highest BCUT2D eigenvalue weighted by Crippen LogP contribution is 2.41. The number of aromatic hydroxyl groups is 1. The number of hydrogen-bond acceptors (Lipinski definition) is 3. The van der Waals surface area contributed by atoms with Crippen LogP contribution in [0.5, 0.6) is 5.75 Å². The Hall–Kier alpha value is -3.27. The molecule has 2 aromatic carbocycles. The number of aromatic amines is 1. The van der Waals surface area contributed by atoms with E-state index < -0.39 is 5.63 Å². The first-order chi connectivity index (χ1) is 13.6. The van der Waals surface area contributed by atoms with E-state index in [-0.39, 0.29) is 16.7 Å². The van der Waals surface area contributed by atoms with Crippen LogP contribution in [0.3, 0.4) is 0 Å². The molecule has 0 atom stereocenters. The summed E-state index contributed by atoms with van der Waals surface area (Å²) in [7, 11) is 0. The van der Waals surface area contributed by atoms with E-state index in [9.17, 15) is 9.90 Å². The molecule has 0 amide bonds. The number of fused-ring (bicyclic) bond motifs is 1. The Balaban J connectivity index is 2.09. The molecule has 2 N–H and O–H groups in total. The van der Waals surface area contributed by atoms with Gasteiger partial charge in [0, 0.05) is 22.5 Å². The molecule has 2 aromatic heterocycles. The van der Waals surface area contributed by atoms with Crippen molar-refractivity contribution in [2.75, 3.05) is 0 Å². The molecule has 0 aliphatic carbocycles. The van der Waals surface area contributed by atoms with E-state index in [1.54, 1.807) is 6.92 Å². The van der Waals surface area contributed by atoms with Gasteiger partial charge in [-0.2, -0.15) is 0 Å². The second kappa shape index (κ2) is 6.66. The highest BCUT2D eigenvalue weighted by molar-refractivity contribution is 6.05. The summed E-state index contributed by atoms with van der Waals surface area (Å²) >= 11 is 0. The van der Waals surface area contributed by atoms with Crippen molar-refractivity contribution in [1.29, 1.82) is 0 Å². The van der Waals surface area contributed by atoms with Gasteiger partial charge in [-0.15, -0.1) is 0 Å². The Morgan fingerprint density at radius 1 is 0.931 bits per heavy atom. The minimum Gasteiger partial charge on any atom is -0.507 e. The Kier molecular flexibility index (Phi) is 4.38. The standard InChI is InChI=1S/C25H25NO3/c1-14-6-8-16(9-7-14)23-21(22-20(27)12-15(2)29-24(22)28)18-11-10-17(25(3,4)5)13-19(18)26-23/h6-13,26-27H,1-5H3. The number of rotatable bonds is 2. The minimum absolute atomic E-state index is 0.00545. The van der Waals surface area contributed by atoms with Gasteiger partial charge in [-0.1, -0.05) is 62.7 Å². The molecule has 4 aromatic rings. The molecule has 0 aliphatic rings. The van der Waals surface area contributed by atoms with Crippen molar-refractivity contribution in [2.24, 2.45) is 0 Å². The van der Waals surface area contributed by atoms with Crippen molar-refractivity contribution < 1.29 is 9.52 Å². The molecule has 0 saturated carbocycles. The summed E-state index contributed by atoms with van der Waals surface area (Å²) in [6.07, 6.45) is 0. The first-order valence-electron chi connectivity index (χ1n) is 9.72. The van der Waals surface area contributed by atoms with Crippen LogP contribution in [0, 0.1) is 13.8 Å². The van der Waals surface area contributed by atoms with Crippen LogP contribution in [0.2, 0.25) is 0 Å². The van der Waals surface area contributed by atoms with Crippen LogP contribution < -0.4 is 5.63 Å². The number of hydrogen-bond donors (Lipinski definition) is 2. The predicted molar refractivity (Wildman–Crippen MR) is 118 cm³/mol. The molecule has 0 aliphatic heterocycles. The van der Waals surface area contributed by atoms with Gasteiger partial charge in [0.25, 0.3) is 0 Å². The second-order valence-electron chi connectivity index (χ2n) is 8.66. The molecule has 0 radical (unpaired) electrons. The van der Waals surface area contributed by atoms with Crippen molar-refractivity contribution in [3.63, 3.8) is 0 Å². The average Bonchev–Trinajstić information content (AvgIpc) is 2.99. The van der Waals surface area contributed by atoms with Gasteiger partial charge in [0.05, 0.1) is 5.69 Å². The number of benzene rings is 2. The Morgan fingerprint density at radius 2 is 1.62 bits per heavy atom. The summed E-state index contributed by atoms with van der Waals surface area (Å²) in [6, 6.07) is 15.8. The van der Waals surface area contributed by atoms with E-state index in [1.165, 1.54) is 11.6 Å². The zero-order chi connectivity index (χ0) is 20.9. The molecule has 4 heteroatoms. The normalized spacial score (nSPS) is 11.9. The lowest BCUT2D eigenvalue weighted by molar-refractivity contribution is 0.438. The summed E-state index contributed by atoms with van der Waals surface area (Å²) in [5, 5.41) is 11.5. The van der Waals surface area contributed by atoms with E-state index in [2.05, 4.69) is 37.9 Å².